The maximum absolute atomic E-state index is 13.2. The quantitative estimate of drug-likeness (QED) is 0.855. The second kappa shape index (κ2) is 6.95. The lowest BCUT2D eigenvalue weighted by molar-refractivity contribution is -0.147. The predicted octanol–water partition coefficient (Wildman–Crippen LogP) is 1.42. The molecule has 0 aromatic heterocycles. The standard InChI is InChI=1S/C16H20FNO5/c1-16(22)7-8-18(14(19)5-6-15(20)21)10-13(16)23-12-4-2-3-11(17)9-12/h2-4,9,13,22H,5-8,10H2,1H3,(H,20,21)/t13-,16-/m0/s1. The number of piperidine rings is 1. The molecule has 2 N–H and O–H groups in total. The first kappa shape index (κ1) is 17.2. The van der Waals surface area contributed by atoms with Crippen LogP contribution in [0.1, 0.15) is 26.2 Å². The third-order valence-corrected chi connectivity index (χ3v) is 3.95. The zero-order valence-electron chi connectivity index (χ0n) is 12.9. The summed E-state index contributed by atoms with van der Waals surface area (Å²) in [5.74, 6) is -1.51. The van der Waals surface area contributed by atoms with Gasteiger partial charge in [-0.05, 0) is 25.5 Å². The summed E-state index contributed by atoms with van der Waals surface area (Å²) in [6.45, 7) is 2.06. The Morgan fingerprint density at radius 1 is 1.43 bits per heavy atom. The summed E-state index contributed by atoms with van der Waals surface area (Å²) in [4.78, 5) is 24.1. The van der Waals surface area contributed by atoms with Crippen molar-refractivity contribution in [2.24, 2.45) is 0 Å². The molecular weight excluding hydrogens is 305 g/mol. The van der Waals surface area contributed by atoms with Crippen LogP contribution in [-0.4, -0.2) is 51.8 Å². The Labute approximate surface area is 133 Å². The fraction of sp³-hybridized carbons (Fsp3) is 0.500. The topological polar surface area (TPSA) is 87.1 Å². The molecule has 0 aliphatic carbocycles. The van der Waals surface area contributed by atoms with Gasteiger partial charge < -0.3 is 19.8 Å². The number of amides is 1. The first-order valence-electron chi connectivity index (χ1n) is 7.42. The minimum atomic E-state index is -1.16. The van der Waals surface area contributed by atoms with Crippen LogP contribution in [0.4, 0.5) is 4.39 Å². The summed E-state index contributed by atoms with van der Waals surface area (Å²) in [6, 6.07) is 5.57. The minimum Gasteiger partial charge on any atom is -0.485 e. The van der Waals surface area contributed by atoms with E-state index >= 15 is 0 Å². The Balaban J connectivity index is 2.04. The molecule has 0 radical (unpaired) electrons. The molecule has 0 saturated carbocycles. The number of benzene rings is 1. The molecule has 0 unspecified atom stereocenters. The van der Waals surface area contributed by atoms with Crippen LogP contribution in [0.25, 0.3) is 0 Å². The van der Waals surface area contributed by atoms with E-state index in [0.717, 1.165) is 0 Å². The van der Waals surface area contributed by atoms with E-state index in [1.807, 2.05) is 0 Å². The number of likely N-dealkylation sites (tertiary alicyclic amines) is 1. The third kappa shape index (κ3) is 4.66. The normalized spacial score (nSPS) is 24.3. The third-order valence-electron chi connectivity index (χ3n) is 3.95. The number of nitrogens with zero attached hydrogens (tertiary/aromatic N) is 1. The number of carboxylic acids is 1. The smallest absolute Gasteiger partial charge is 0.303 e. The summed E-state index contributed by atoms with van der Waals surface area (Å²) in [5, 5.41) is 19.1. The number of rotatable bonds is 5. The highest BCUT2D eigenvalue weighted by Crippen LogP contribution is 2.27. The lowest BCUT2D eigenvalue weighted by atomic mass is 9.90. The highest BCUT2D eigenvalue weighted by molar-refractivity contribution is 5.80. The highest BCUT2D eigenvalue weighted by atomic mass is 19.1. The molecule has 0 bridgehead atoms. The lowest BCUT2D eigenvalue weighted by Gasteiger charge is -2.42. The molecule has 23 heavy (non-hydrogen) atoms. The average molecular weight is 325 g/mol. The van der Waals surface area contributed by atoms with Crippen molar-refractivity contribution in [3.8, 4) is 5.75 Å². The van der Waals surface area contributed by atoms with Crippen LogP contribution < -0.4 is 4.74 Å². The molecule has 1 aliphatic heterocycles. The molecule has 7 heteroatoms. The van der Waals surface area contributed by atoms with Gasteiger partial charge in [0.2, 0.25) is 5.91 Å². The average Bonchev–Trinajstić information content (AvgIpc) is 2.47. The van der Waals surface area contributed by atoms with Crippen molar-refractivity contribution in [2.45, 2.75) is 37.9 Å². The molecule has 126 valence electrons. The maximum atomic E-state index is 13.2. The Bertz CT molecular complexity index is 590. The van der Waals surface area contributed by atoms with Gasteiger partial charge in [0.25, 0.3) is 0 Å². The van der Waals surface area contributed by atoms with Crippen LogP contribution in [-0.2, 0) is 9.59 Å². The van der Waals surface area contributed by atoms with Crippen LogP contribution in [0.3, 0.4) is 0 Å². The van der Waals surface area contributed by atoms with E-state index in [1.165, 1.54) is 23.1 Å². The number of halogens is 1. The van der Waals surface area contributed by atoms with Crippen LogP contribution in [0, 0.1) is 5.82 Å². The number of carbonyl (C=O) groups is 2. The van der Waals surface area contributed by atoms with E-state index in [2.05, 4.69) is 0 Å². The Morgan fingerprint density at radius 3 is 2.83 bits per heavy atom. The van der Waals surface area contributed by atoms with Gasteiger partial charge in [-0.15, -0.1) is 0 Å². The fourth-order valence-electron chi connectivity index (χ4n) is 2.48. The second-order valence-corrected chi connectivity index (χ2v) is 5.90. The summed E-state index contributed by atoms with van der Waals surface area (Å²) in [5.41, 5.74) is -1.16. The SMILES string of the molecule is C[C@]1(O)CCN(C(=O)CCC(=O)O)C[C@@H]1Oc1cccc(F)c1. The molecule has 0 spiro atoms. The van der Waals surface area contributed by atoms with E-state index in [-0.39, 0.29) is 31.0 Å². The molecule has 2 atom stereocenters. The van der Waals surface area contributed by atoms with E-state index in [4.69, 9.17) is 9.84 Å². The molecule has 1 heterocycles. The number of carbonyl (C=O) groups excluding carboxylic acids is 1. The van der Waals surface area contributed by atoms with Crippen molar-refractivity contribution in [1.29, 1.82) is 0 Å². The number of hydrogen-bond donors (Lipinski definition) is 2. The molecule has 1 fully saturated rings. The second-order valence-electron chi connectivity index (χ2n) is 5.90. The van der Waals surface area contributed by atoms with Gasteiger partial charge in [-0.3, -0.25) is 9.59 Å². The first-order chi connectivity index (χ1) is 10.8. The van der Waals surface area contributed by atoms with E-state index in [0.29, 0.717) is 13.0 Å². The van der Waals surface area contributed by atoms with Crippen molar-refractivity contribution in [3.63, 3.8) is 0 Å². The van der Waals surface area contributed by atoms with Crippen molar-refractivity contribution < 1.29 is 28.9 Å². The number of ether oxygens (including phenoxy) is 1. The van der Waals surface area contributed by atoms with Gasteiger partial charge in [0.15, 0.2) is 0 Å². The van der Waals surface area contributed by atoms with Crippen LogP contribution in [0.5, 0.6) is 5.75 Å². The highest BCUT2D eigenvalue weighted by Gasteiger charge is 2.40. The molecule has 6 nitrogen and oxygen atoms in total. The first-order valence-corrected chi connectivity index (χ1v) is 7.42. The van der Waals surface area contributed by atoms with Gasteiger partial charge >= 0.3 is 5.97 Å². The molecule has 1 aromatic carbocycles. The zero-order chi connectivity index (χ0) is 17.0. The fourth-order valence-corrected chi connectivity index (χ4v) is 2.48. The Hall–Kier alpha value is -2.15. The summed E-state index contributed by atoms with van der Waals surface area (Å²) < 4.78 is 18.9. The van der Waals surface area contributed by atoms with Gasteiger partial charge in [0.05, 0.1) is 13.0 Å². The van der Waals surface area contributed by atoms with Gasteiger partial charge in [0, 0.05) is 19.0 Å². The van der Waals surface area contributed by atoms with Gasteiger partial charge in [0.1, 0.15) is 23.3 Å². The number of carboxylic acid groups (broad SMARTS) is 1. The summed E-state index contributed by atoms with van der Waals surface area (Å²) >= 11 is 0. The van der Waals surface area contributed by atoms with E-state index < -0.39 is 23.5 Å². The van der Waals surface area contributed by atoms with Crippen molar-refractivity contribution in [2.75, 3.05) is 13.1 Å². The molecule has 1 aromatic rings. The van der Waals surface area contributed by atoms with Gasteiger partial charge in [-0.1, -0.05) is 6.07 Å². The summed E-state index contributed by atoms with van der Waals surface area (Å²) in [7, 11) is 0. The monoisotopic (exact) mass is 325 g/mol. The summed E-state index contributed by atoms with van der Waals surface area (Å²) in [6.07, 6.45) is -0.747. The van der Waals surface area contributed by atoms with Crippen LogP contribution in [0.15, 0.2) is 24.3 Å². The lowest BCUT2D eigenvalue weighted by Crippen LogP contribution is -2.57. The number of aliphatic hydroxyl groups is 1. The Morgan fingerprint density at radius 2 is 2.17 bits per heavy atom. The number of aliphatic carboxylic acids is 1. The minimum absolute atomic E-state index is 0.0931. The van der Waals surface area contributed by atoms with Crippen molar-refractivity contribution in [3.05, 3.63) is 30.1 Å². The molecule has 1 aliphatic rings. The molecule has 2 rings (SSSR count). The predicted molar refractivity (Wildman–Crippen MR) is 79.5 cm³/mol. The van der Waals surface area contributed by atoms with Crippen molar-refractivity contribution in [1.82, 2.24) is 4.90 Å². The Kier molecular flexibility index (Phi) is 5.20. The van der Waals surface area contributed by atoms with E-state index in [9.17, 15) is 19.1 Å². The van der Waals surface area contributed by atoms with E-state index in [1.54, 1.807) is 13.0 Å². The van der Waals surface area contributed by atoms with Gasteiger partial charge in [-0.2, -0.15) is 0 Å². The molecule has 1 amide bonds. The van der Waals surface area contributed by atoms with Crippen molar-refractivity contribution >= 4 is 11.9 Å². The van der Waals surface area contributed by atoms with Crippen LogP contribution in [0.2, 0.25) is 0 Å². The van der Waals surface area contributed by atoms with Gasteiger partial charge in [-0.25, -0.2) is 4.39 Å². The zero-order valence-corrected chi connectivity index (χ0v) is 12.9. The largest absolute Gasteiger partial charge is 0.485 e. The van der Waals surface area contributed by atoms with Crippen LogP contribution >= 0.6 is 0 Å². The maximum Gasteiger partial charge on any atom is 0.303 e. The number of hydrogen-bond acceptors (Lipinski definition) is 4. The molecular formula is C16H20FNO5. The molecule has 1 saturated heterocycles.